The van der Waals surface area contributed by atoms with Gasteiger partial charge in [0.2, 0.25) is 12.3 Å². The molecule has 132 valence electrons. The van der Waals surface area contributed by atoms with Gasteiger partial charge < -0.3 is 15.2 Å². The van der Waals surface area contributed by atoms with Gasteiger partial charge in [0.15, 0.2) is 0 Å². The minimum Gasteiger partial charge on any atom is -0.480 e. The number of hydrogen-bond donors (Lipinski definition) is 2. The van der Waals surface area contributed by atoms with Gasteiger partial charge >= 0.3 is 5.97 Å². The van der Waals surface area contributed by atoms with Gasteiger partial charge in [-0.25, -0.2) is 13.6 Å². The van der Waals surface area contributed by atoms with Gasteiger partial charge in [0, 0.05) is 19.6 Å². The third-order valence-electron chi connectivity index (χ3n) is 4.40. The van der Waals surface area contributed by atoms with Crippen molar-refractivity contribution in [3.63, 3.8) is 0 Å². The number of aliphatic carboxylic acids is 1. The molecule has 1 aliphatic rings. The van der Waals surface area contributed by atoms with E-state index < -0.39 is 36.2 Å². The van der Waals surface area contributed by atoms with E-state index in [1.807, 2.05) is 31.2 Å². The third-order valence-corrected chi connectivity index (χ3v) is 4.40. The number of carboxylic acid groups (broad SMARTS) is 1. The number of halogens is 2. The van der Waals surface area contributed by atoms with Crippen molar-refractivity contribution in [1.82, 2.24) is 5.32 Å². The number of carbonyl (C=O) groups is 2. The zero-order chi connectivity index (χ0) is 17.7. The number of carbonyl (C=O) groups excluding carboxylic acids is 1. The minimum atomic E-state index is -2.81. The summed E-state index contributed by atoms with van der Waals surface area (Å²) < 4.78 is 30.5. The highest BCUT2D eigenvalue weighted by Gasteiger charge is 2.43. The van der Waals surface area contributed by atoms with Crippen molar-refractivity contribution >= 4 is 11.9 Å². The predicted molar refractivity (Wildman–Crippen MR) is 83.1 cm³/mol. The Bertz CT molecular complexity index is 583. The Hall–Kier alpha value is -2.02. The lowest BCUT2D eigenvalue weighted by molar-refractivity contribution is -0.144. The minimum absolute atomic E-state index is 0.355. The molecule has 24 heavy (non-hydrogen) atoms. The molecule has 2 N–H and O–H groups in total. The SMILES string of the molecule is Cc1ccc(C2(C(=O)NC(CC(F)F)C(=O)O)CCOCC2)cc1. The Labute approximate surface area is 139 Å². The summed E-state index contributed by atoms with van der Waals surface area (Å²) in [6, 6.07) is 5.77. The van der Waals surface area contributed by atoms with Crippen molar-refractivity contribution in [2.45, 2.75) is 44.1 Å². The van der Waals surface area contributed by atoms with Crippen LogP contribution in [0.5, 0.6) is 0 Å². The summed E-state index contributed by atoms with van der Waals surface area (Å²) in [5.74, 6) is -2.00. The highest BCUT2D eigenvalue weighted by atomic mass is 19.3. The van der Waals surface area contributed by atoms with Gasteiger partial charge in [-0.3, -0.25) is 4.79 Å². The lowest BCUT2D eigenvalue weighted by atomic mass is 9.73. The molecule has 2 rings (SSSR count). The fourth-order valence-electron chi connectivity index (χ4n) is 2.94. The molecule has 1 aromatic rings. The van der Waals surface area contributed by atoms with Crippen LogP contribution in [0.4, 0.5) is 8.78 Å². The average Bonchev–Trinajstić information content (AvgIpc) is 2.55. The number of alkyl halides is 2. The number of aryl methyl sites for hydroxylation is 1. The van der Waals surface area contributed by atoms with E-state index in [1.54, 1.807) is 0 Å². The molecule has 0 spiro atoms. The van der Waals surface area contributed by atoms with Crippen molar-refractivity contribution in [2.75, 3.05) is 13.2 Å². The van der Waals surface area contributed by atoms with Crippen molar-refractivity contribution in [3.05, 3.63) is 35.4 Å². The van der Waals surface area contributed by atoms with Crippen LogP contribution in [0.2, 0.25) is 0 Å². The van der Waals surface area contributed by atoms with E-state index in [4.69, 9.17) is 9.84 Å². The van der Waals surface area contributed by atoms with Gasteiger partial charge in [-0.05, 0) is 25.3 Å². The summed E-state index contributed by atoms with van der Waals surface area (Å²) >= 11 is 0. The highest BCUT2D eigenvalue weighted by Crippen LogP contribution is 2.35. The zero-order valence-corrected chi connectivity index (χ0v) is 13.4. The van der Waals surface area contributed by atoms with Gasteiger partial charge in [-0.2, -0.15) is 0 Å². The Balaban J connectivity index is 2.28. The van der Waals surface area contributed by atoms with Gasteiger partial charge in [-0.1, -0.05) is 29.8 Å². The number of rotatable bonds is 6. The standard InChI is InChI=1S/C17H21F2NO4/c1-11-2-4-12(5-3-11)17(6-8-24-9-7-17)16(23)20-13(15(21)22)10-14(18)19/h2-5,13-14H,6-10H2,1H3,(H,20,23)(H,21,22). The summed E-state index contributed by atoms with van der Waals surface area (Å²) in [7, 11) is 0. The first-order chi connectivity index (χ1) is 11.3. The summed E-state index contributed by atoms with van der Waals surface area (Å²) in [4.78, 5) is 24.0. The maximum absolute atomic E-state index is 12.8. The predicted octanol–water partition coefficient (Wildman–Crippen LogP) is 2.27. The summed E-state index contributed by atoms with van der Waals surface area (Å²) in [6.45, 7) is 2.63. The summed E-state index contributed by atoms with van der Waals surface area (Å²) in [6.07, 6.45) is -2.97. The van der Waals surface area contributed by atoms with E-state index in [-0.39, 0.29) is 0 Å². The fourth-order valence-corrected chi connectivity index (χ4v) is 2.94. The monoisotopic (exact) mass is 341 g/mol. The Kier molecular flexibility index (Phi) is 5.88. The molecule has 1 heterocycles. The molecule has 7 heteroatoms. The van der Waals surface area contributed by atoms with Gasteiger partial charge in [0.1, 0.15) is 6.04 Å². The molecule has 0 aromatic heterocycles. The van der Waals surface area contributed by atoms with E-state index >= 15 is 0 Å². The molecule has 1 amide bonds. The molecule has 1 atom stereocenters. The van der Waals surface area contributed by atoms with Gasteiger partial charge in [0.05, 0.1) is 5.41 Å². The van der Waals surface area contributed by atoms with Crippen LogP contribution in [0.3, 0.4) is 0 Å². The molecule has 1 fully saturated rings. The summed E-state index contributed by atoms with van der Waals surface area (Å²) in [5.41, 5.74) is 0.819. The fraction of sp³-hybridized carbons (Fsp3) is 0.529. The number of carboxylic acids is 1. The van der Waals surface area contributed by atoms with E-state index in [9.17, 15) is 18.4 Å². The summed E-state index contributed by atoms with van der Waals surface area (Å²) in [5, 5.41) is 11.4. The first-order valence-corrected chi connectivity index (χ1v) is 7.82. The van der Waals surface area contributed by atoms with E-state index in [0.29, 0.717) is 26.1 Å². The van der Waals surface area contributed by atoms with E-state index in [2.05, 4.69) is 5.32 Å². The second-order valence-corrected chi connectivity index (χ2v) is 6.05. The van der Waals surface area contributed by atoms with Crippen LogP contribution in [0.1, 0.15) is 30.4 Å². The van der Waals surface area contributed by atoms with Crippen molar-refractivity contribution in [2.24, 2.45) is 0 Å². The Morgan fingerprint density at radius 3 is 2.33 bits per heavy atom. The number of amides is 1. The van der Waals surface area contributed by atoms with Crippen LogP contribution >= 0.6 is 0 Å². The number of ether oxygens (including phenoxy) is 1. The lowest BCUT2D eigenvalue weighted by Gasteiger charge is -2.37. The number of hydrogen-bond acceptors (Lipinski definition) is 3. The maximum atomic E-state index is 12.8. The lowest BCUT2D eigenvalue weighted by Crippen LogP contribution is -2.53. The van der Waals surface area contributed by atoms with E-state index in [0.717, 1.165) is 11.1 Å². The zero-order valence-electron chi connectivity index (χ0n) is 13.4. The van der Waals surface area contributed by atoms with Crippen LogP contribution in [0, 0.1) is 6.92 Å². The second kappa shape index (κ2) is 7.70. The normalized spacial score (nSPS) is 18.2. The van der Waals surface area contributed by atoms with Crippen molar-refractivity contribution in [1.29, 1.82) is 0 Å². The molecular weight excluding hydrogens is 320 g/mol. The van der Waals surface area contributed by atoms with Crippen LogP contribution in [-0.4, -0.2) is 42.7 Å². The maximum Gasteiger partial charge on any atom is 0.326 e. The average molecular weight is 341 g/mol. The molecule has 1 aliphatic heterocycles. The van der Waals surface area contributed by atoms with Crippen LogP contribution in [0.25, 0.3) is 0 Å². The molecule has 0 bridgehead atoms. The van der Waals surface area contributed by atoms with Crippen molar-refractivity contribution in [3.8, 4) is 0 Å². The molecular formula is C17H21F2NO4. The molecule has 1 unspecified atom stereocenters. The number of benzene rings is 1. The third kappa shape index (κ3) is 4.08. The quantitative estimate of drug-likeness (QED) is 0.832. The number of nitrogens with one attached hydrogen (secondary N) is 1. The van der Waals surface area contributed by atoms with Gasteiger partial charge in [0.25, 0.3) is 0 Å². The first-order valence-electron chi connectivity index (χ1n) is 7.82. The Morgan fingerprint density at radius 2 is 1.83 bits per heavy atom. The van der Waals surface area contributed by atoms with Crippen LogP contribution in [-0.2, 0) is 19.7 Å². The highest BCUT2D eigenvalue weighted by molar-refractivity contribution is 5.91. The molecule has 0 radical (unpaired) electrons. The van der Waals surface area contributed by atoms with Crippen LogP contribution in [0.15, 0.2) is 24.3 Å². The van der Waals surface area contributed by atoms with Gasteiger partial charge in [-0.15, -0.1) is 0 Å². The molecule has 0 aliphatic carbocycles. The van der Waals surface area contributed by atoms with Crippen LogP contribution < -0.4 is 5.32 Å². The largest absolute Gasteiger partial charge is 0.480 e. The molecule has 1 saturated heterocycles. The van der Waals surface area contributed by atoms with E-state index in [1.165, 1.54) is 0 Å². The molecule has 1 aromatic carbocycles. The molecule has 0 saturated carbocycles. The smallest absolute Gasteiger partial charge is 0.326 e. The second-order valence-electron chi connectivity index (χ2n) is 6.05. The topological polar surface area (TPSA) is 75.6 Å². The van der Waals surface area contributed by atoms with Crippen molar-refractivity contribution < 1.29 is 28.2 Å². The Morgan fingerprint density at radius 1 is 1.25 bits per heavy atom. The first kappa shape index (κ1) is 18.3. The molecule has 5 nitrogen and oxygen atoms in total.